The predicted molar refractivity (Wildman–Crippen MR) is 111 cm³/mol. The van der Waals surface area contributed by atoms with Crippen molar-refractivity contribution in [3.05, 3.63) is 53.2 Å². The van der Waals surface area contributed by atoms with E-state index in [1.54, 1.807) is 13.2 Å². The maximum absolute atomic E-state index is 6.11. The van der Waals surface area contributed by atoms with Gasteiger partial charge in [-0.3, -0.25) is 4.99 Å². The Balaban J connectivity index is 1.51. The zero-order valence-corrected chi connectivity index (χ0v) is 16.5. The largest absolute Gasteiger partial charge is 0.478 e. The van der Waals surface area contributed by atoms with Gasteiger partial charge in [0, 0.05) is 55.7 Å². The van der Waals surface area contributed by atoms with Crippen LogP contribution in [-0.4, -0.2) is 43.7 Å². The lowest BCUT2D eigenvalue weighted by Crippen LogP contribution is -2.44. The van der Waals surface area contributed by atoms with E-state index in [1.807, 2.05) is 37.3 Å². The van der Waals surface area contributed by atoms with Gasteiger partial charge in [-0.1, -0.05) is 17.7 Å². The summed E-state index contributed by atoms with van der Waals surface area (Å²) in [5, 5.41) is 7.64. The second kappa shape index (κ2) is 9.46. The number of nitrogens with zero attached hydrogens (tertiary/aromatic N) is 3. The zero-order valence-electron chi connectivity index (χ0n) is 15.8. The standard InChI is InChI=1S/C20H26ClN5O/c1-3-27-19-11-15(7-9-23-19)13-24-20(22-2)25-17-8-10-26(14-17)18-6-4-5-16(21)12-18/h4-7,9,11-12,17H,3,8,10,13-14H2,1-2H3,(H2,22,24,25). The Morgan fingerprint density at radius 2 is 2.26 bits per heavy atom. The fraction of sp³-hybridized carbons (Fsp3) is 0.400. The second-order valence-electron chi connectivity index (χ2n) is 6.42. The average Bonchev–Trinajstić information content (AvgIpc) is 3.14. The van der Waals surface area contributed by atoms with Gasteiger partial charge >= 0.3 is 0 Å². The van der Waals surface area contributed by atoms with E-state index in [0.29, 0.717) is 25.1 Å². The Kier molecular flexibility index (Phi) is 6.76. The number of anilines is 1. The number of hydrogen-bond acceptors (Lipinski definition) is 4. The van der Waals surface area contributed by atoms with Crippen LogP contribution in [0.4, 0.5) is 5.69 Å². The molecular weight excluding hydrogens is 362 g/mol. The highest BCUT2D eigenvalue weighted by Crippen LogP contribution is 2.23. The number of hydrogen-bond donors (Lipinski definition) is 2. The Bertz CT molecular complexity index is 782. The number of pyridine rings is 1. The molecule has 0 aliphatic carbocycles. The van der Waals surface area contributed by atoms with Gasteiger partial charge in [0.1, 0.15) is 0 Å². The molecule has 0 radical (unpaired) electrons. The van der Waals surface area contributed by atoms with E-state index in [0.717, 1.165) is 41.7 Å². The van der Waals surface area contributed by atoms with Crippen LogP contribution in [0.3, 0.4) is 0 Å². The van der Waals surface area contributed by atoms with Crippen LogP contribution in [0.5, 0.6) is 5.88 Å². The van der Waals surface area contributed by atoms with E-state index in [4.69, 9.17) is 16.3 Å². The smallest absolute Gasteiger partial charge is 0.213 e. The molecule has 144 valence electrons. The van der Waals surface area contributed by atoms with Crippen LogP contribution < -0.4 is 20.3 Å². The number of rotatable bonds is 6. The van der Waals surface area contributed by atoms with Crippen molar-refractivity contribution in [1.82, 2.24) is 15.6 Å². The van der Waals surface area contributed by atoms with E-state index in [9.17, 15) is 0 Å². The molecule has 1 fully saturated rings. The van der Waals surface area contributed by atoms with Gasteiger partial charge in [-0.2, -0.15) is 0 Å². The van der Waals surface area contributed by atoms with E-state index in [-0.39, 0.29) is 0 Å². The number of halogens is 1. The van der Waals surface area contributed by atoms with Crippen LogP contribution in [0.2, 0.25) is 5.02 Å². The number of ether oxygens (including phenoxy) is 1. The number of nitrogens with one attached hydrogen (secondary N) is 2. The van der Waals surface area contributed by atoms with Crippen molar-refractivity contribution in [1.29, 1.82) is 0 Å². The number of guanidine groups is 1. The number of benzene rings is 1. The Morgan fingerprint density at radius 1 is 1.37 bits per heavy atom. The van der Waals surface area contributed by atoms with Gasteiger partial charge in [0.05, 0.1) is 6.61 Å². The first-order chi connectivity index (χ1) is 13.2. The third kappa shape index (κ3) is 5.50. The molecule has 27 heavy (non-hydrogen) atoms. The molecule has 1 aliphatic rings. The average molecular weight is 388 g/mol. The lowest BCUT2D eigenvalue weighted by molar-refractivity contribution is 0.326. The lowest BCUT2D eigenvalue weighted by Gasteiger charge is -2.20. The summed E-state index contributed by atoms with van der Waals surface area (Å²) in [5.41, 5.74) is 2.26. The summed E-state index contributed by atoms with van der Waals surface area (Å²) < 4.78 is 5.45. The molecule has 1 aliphatic heterocycles. The van der Waals surface area contributed by atoms with Gasteiger partial charge < -0.3 is 20.3 Å². The van der Waals surface area contributed by atoms with Gasteiger partial charge in [0.25, 0.3) is 0 Å². The maximum atomic E-state index is 6.11. The molecule has 0 bridgehead atoms. The summed E-state index contributed by atoms with van der Waals surface area (Å²) in [6.45, 7) is 5.14. The SMILES string of the molecule is CCOc1cc(CNC(=NC)NC2CCN(c3cccc(Cl)c3)C2)ccn1. The highest BCUT2D eigenvalue weighted by Gasteiger charge is 2.23. The van der Waals surface area contributed by atoms with Crippen molar-refractivity contribution >= 4 is 23.2 Å². The molecule has 6 nitrogen and oxygen atoms in total. The summed E-state index contributed by atoms with van der Waals surface area (Å²) in [7, 11) is 1.79. The molecule has 0 spiro atoms. The number of aromatic nitrogens is 1. The van der Waals surface area contributed by atoms with Crippen molar-refractivity contribution in [3.63, 3.8) is 0 Å². The first-order valence-electron chi connectivity index (χ1n) is 9.23. The summed E-state index contributed by atoms with van der Waals surface area (Å²) in [6, 6.07) is 12.3. The molecule has 1 aromatic carbocycles. The van der Waals surface area contributed by atoms with Gasteiger partial charge in [-0.15, -0.1) is 0 Å². The molecule has 3 rings (SSSR count). The van der Waals surface area contributed by atoms with Gasteiger partial charge in [-0.05, 0) is 43.2 Å². The van der Waals surface area contributed by atoms with Crippen molar-refractivity contribution in [2.75, 3.05) is 31.6 Å². The fourth-order valence-electron chi connectivity index (χ4n) is 3.15. The summed E-state index contributed by atoms with van der Waals surface area (Å²) in [4.78, 5) is 10.9. The molecule has 2 N–H and O–H groups in total. The van der Waals surface area contributed by atoms with Crippen molar-refractivity contribution in [2.45, 2.75) is 25.9 Å². The quantitative estimate of drug-likeness (QED) is 0.589. The van der Waals surface area contributed by atoms with E-state index in [1.165, 1.54) is 0 Å². The summed E-state index contributed by atoms with van der Waals surface area (Å²) in [5.74, 6) is 1.44. The van der Waals surface area contributed by atoms with Crippen LogP contribution in [-0.2, 0) is 6.54 Å². The number of aliphatic imine (C=N–C) groups is 1. The third-order valence-corrected chi connectivity index (χ3v) is 4.71. The van der Waals surface area contributed by atoms with Gasteiger partial charge in [0.15, 0.2) is 5.96 Å². The van der Waals surface area contributed by atoms with E-state index >= 15 is 0 Å². The molecule has 2 heterocycles. The predicted octanol–water partition coefficient (Wildman–Crippen LogP) is 3.08. The van der Waals surface area contributed by atoms with Crippen molar-refractivity contribution < 1.29 is 4.74 Å². The first-order valence-corrected chi connectivity index (χ1v) is 9.61. The highest BCUT2D eigenvalue weighted by molar-refractivity contribution is 6.30. The molecule has 1 unspecified atom stereocenters. The molecule has 0 saturated carbocycles. The van der Waals surface area contributed by atoms with Crippen LogP contribution in [0, 0.1) is 0 Å². The molecule has 1 aromatic heterocycles. The Hall–Kier alpha value is -2.47. The lowest BCUT2D eigenvalue weighted by atomic mass is 10.2. The minimum atomic E-state index is 0.339. The minimum absolute atomic E-state index is 0.339. The Morgan fingerprint density at radius 3 is 3.04 bits per heavy atom. The zero-order chi connectivity index (χ0) is 19.1. The molecule has 1 atom stereocenters. The first kappa shape index (κ1) is 19.3. The summed E-state index contributed by atoms with van der Waals surface area (Å²) >= 11 is 6.11. The Labute approximate surface area is 165 Å². The normalized spacial score (nSPS) is 17.1. The van der Waals surface area contributed by atoms with E-state index < -0.39 is 0 Å². The fourth-order valence-corrected chi connectivity index (χ4v) is 3.33. The maximum Gasteiger partial charge on any atom is 0.213 e. The minimum Gasteiger partial charge on any atom is -0.478 e. The van der Waals surface area contributed by atoms with Crippen molar-refractivity contribution in [3.8, 4) is 5.88 Å². The van der Waals surface area contributed by atoms with Gasteiger partial charge in [0.2, 0.25) is 5.88 Å². The second-order valence-corrected chi connectivity index (χ2v) is 6.85. The van der Waals surface area contributed by atoms with Crippen molar-refractivity contribution in [2.24, 2.45) is 4.99 Å². The monoisotopic (exact) mass is 387 g/mol. The molecular formula is C20H26ClN5O. The van der Waals surface area contributed by atoms with E-state index in [2.05, 4.69) is 31.6 Å². The van der Waals surface area contributed by atoms with Crippen LogP contribution in [0.15, 0.2) is 47.6 Å². The molecule has 7 heteroatoms. The third-order valence-electron chi connectivity index (χ3n) is 4.48. The van der Waals surface area contributed by atoms with Crippen LogP contribution in [0.25, 0.3) is 0 Å². The van der Waals surface area contributed by atoms with Crippen LogP contribution >= 0.6 is 11.6 Å². The summed E-state index contributed by atoms with van der Waals surface area (Å²) in [6.07, 6.45) is 2.81. The van der Waals surface area contributed by atoms with Gasteiger partial charge in [-0.25, -0.2) is 4.98 Å². The molecule has 1 saturated heterocycles. The highest BCUT2D eigenvalue weighted by atomic mass is 35.5. The molecule has 0 amide bonds. The molecule has 2 aromatic rings. The van der Waals surface area contributed by atoms with Crippen LogP contribution in [0.1, 0.15) is 18.9 Å². The topological polar surface area (TPSA) is 61.8 Å².